The lowest BCUT2D eigenvalue weighted by molar-refractivity contribution is -0.150. The molecule has 2 unspecified atom stereocenters. The van der Waals surface area contributed by atoms with E-state index in [1.807, 2.05) is 60.7 Å². The monoisotopic (exact) mass is 742 g/mol. The first kappa shape index (κ1) is 36.4. The summed E-state index contributed by atoms with van der Waals surface area (Å²) in [6.07, 6.45) is 0.783. The van der Waals surface area contributed by atoms with Crippen molar-refractivity contribution in [3.63, 3.8) is 0 Å². The number of nitrogens with one attached hydrogen (secondary N) is 2. The summed E-state index contributed by atoms with van der Waals surface area (Å²) in [5.41, 5.74) is 12.4. The minimum absolute atomic E-state index is 0.00125. The number of anilines is 1. The smallest absolute Gasteiger partial charge is 0.444 e. The van der Waals surface area contributed by atoms with Gasteiger partial charge in [-0.15, -0.1) is 11.8 Å². The maximum atomic E-state index is 14.1. The first-order valence-corrected chi connectivity index (χ1v) is 18.2. The number of nitrogen functional groups attached to an aromatic ring is 1. The summed E-state index contributed by atoms with van der Waals surface area (Å²) in [6, 6.07) is 22.2. The number of hydrogen-bond acceptors (Lipinski definition) is 12. The van der Waals surface area contributed by atoms with Crippen molar-refractivity contribution >= 4 is 62.5 Å². The van der Waals surface area contributed by atoms with Crippen molar-refractivity contribution in [2.24, 2.45) is 5.73 Å². The Bertz CT molecular complexity index is 2030. The molecule has 3 atom stereocenters. The van der Waals surface area contributed by atoms with Gasteiger partial charge in [0.25, 0.3) is 11.8 Å². The Morgan fingerprint density at radius 2 is 1.67 bits per heavy atom. The van der Waals surface area contributed by atoms with E-state index >= 15 is 0 Å². The molecule has 1 aromatic heterocycles. The number of β-lactam (4-membered cyclic amide) rings is 1. The summed E-state index contributed by atoms with van der Waals surface area (Å²) >= 11 is 2.55. The number of nitrogens with two attached hydrogens (primary N) is 2. The van der Waals surface area contributed by atoms with Crippen molar-refractivity contribution in [1.82, 2.24) is 20.5 Å². The second-order valence-electron chi connectivity index (χ2n) is 13.0. The second kappa shape index (κ2) is 14.7. The number of ether oxygens (including phenoxy) is 3. The molecule has 3 amide bonds. The number of allylic oxidation sites excluding steroid dienone is 2. The van der Waals surface area contributed by atoms with Crippen molar-refractivity contribution in [2.75, 3.05) is 11.5 Å². The van der Waals surface area contributed by atoms with Crippen LogP contribution in [0.25, 0.3) is 10.2 Å². The maximum Gasteiger partial charge on any atom is 0.516 e. The highest BCUT2D eigenvalue weighted by molar-refractivity contribution is 8.00. The third-order valence-electron chi connectivity index (χ3n) is 8.12. The fourth-order valence-electron chi connectivity index (χ4n) is 5.76. The number of nitrogens with zero attached hydrogens (tertiary/aromatic N) is 2. The van der Waals surface area contributed by atoms with E-state index in [4.69, 9.17) is 25.7 Å². The van der Waals surface area contributed by atoms with E-state index < -0.39 is 52.8 Å². The molecule has 0 radical (unpaired) electrons. The SMILES string of the molecule is C/C=C\C1=C(OC(=O)OC(c2ccccc2)c2ccccc2)N2C(=O)C(NC(=O)C(N)(NC(=O)OC(C)(C)C)c3ccc4nc(N)sc4c3)[C@@H]2SC1. The molecule has 4 aromatic rings. The van der Waals surface area contributed by atoms with Crippen LogP contribution >= 0.6 is 23.1 Å². The lowest BCUT2D eigenvalue weighted by Crippen LogP contribution is -2.73. The second-order valence-corrected chi connectivity index (χ2v) is 15.2. The number of amides is 3. The highest BCUT2D eigenvalue weighted by atomic mass is 32.2. The number of fused-ring (bicyclic) bond motifs is 2. The molecule has 1 saturated heterocycles. The van der Waals surface area contributed by atoms with Crippen molar-refractivity contribution in [3.05, 3.63) is 119 Å². The largest absolute Gasteiger partial charge is 0.516 e. The number of thioether (sulfide) groups is 1. The average molecular weight is 743 g/mol. The van der Waals surface area contributed by atoms with Crippen LogP contribution in [-0.2, 0) is 29.5 Å². The zero-order valence-corrected chi connectivity index (χ0v) is 30.5. The summed E-state index contributed by atoms with van der Waals surface area (Å²) in [7, 11) is 0. The summed E-state index contributed by atoms with van der Waals surface area (Å²) in [5, 5.41) is 4.88. The molecule has 6 N–H and O–H groups in total. The van der Waals surface area contributed by atoms with Gasteiger partial charge in [0.05, 0.1) is 10.2 Å². The van der Waals surface area contributed by atoms with Gasteiger partial charge < -0.3 is 25.3 Å². The minimum Gasteiger partial charge on any atom is -0.444 e. The molecule has 13 nitrogen and oxygen atoms in total. The van der Waals surface area contributed by atoms with Crippen molar-refractivity contribution in [2.45, 2.75) is 56.5 Å². The Hall–Kier alpha value is -5.38. The highest BCUT2D eigenvalue weighted by Crippen LogP contribution is 2.42. The van der Waals surface area contributed by atoms with Crippen LogP contribution < -0.4 is 22.1 Å². The third-order valence-corrected chi connectivity index (χ3v) is 10.3. The Balaban J connectivity index is 1.23. The number of carbonyl (C=O) groups excluding carboxylic acids is 4. The van der Waals surface area contributed by atoms with Gasteiger partial charge in [-0.25, -0.2) is 14.6 Å². The quantitative estimate of drug-likeness (QED) is 0.0944. The Morgan fingerprint density at radius 3 is 2.29 bits per heavy atom. The van der Waals surface area contributed by atoms with Gasteiger partial charge >= 0.3 is 12.2 Å². The van der Waals surface area contributed by atoms with Gasteiger partial charge in [-0.05, 0) is 51.0 Å². The van der Waals surface area contributed by atoms with E-state index in [9.17, 15) is 19.2 Å². The van der Waals surface area contributed by atoms with Gasteiger partial charge in [0.2, 0.25) is 5.88 Å². The van der Waals surface area contributed by atoms with Gasteiger partial charge in [0, 0.05) is 16.9 Å². The van der Waals surface area contributed by atoms with Crippen molar-refractivity contribution in [1.29, 1.82) is 0 Å². The molecule has 0 saturated carbocycles. The third kappa shape index (κ3) is 7.61. The van der Waals surface area contributed by atoms with E-state index in [0.717, 1.165) is 11.1 Å². The van der Waals surface area contributed by atoms with E-state index in [0.29, 0.717) is 26.7 Å². The minimum atomic E-state index is -2.17. The van der Waals surface area contributed by atoms with Gasteiger partial charge in [0.15, 0.2) is 16.9 Å². The molecule has 52 heavy (non-hydrogen) atoms. The molecule has 1 fully saturated rings. The number of thiazole rings is 1. The van der Waals surface area contributed by atoms with E-state index in [1.165, 1.54) is 28.0 Å². The van der Waals surface area contributed by atoms with E-state index in [2.05, 4.69) is 15.6 Å². The first-order chi connectivity index (χ1) is 24.8. The van der Waals surface area contributed by atoms with E-state index in [-0.39, 0.29) is 11.4 Å². The normalized spacial score (nSPS) is 18.4. The van der Waals surface area contributed by atoms with Gasteiger partial charge in [0.1, 0.15) is 17.0 Å². The van der Waals surface area contributed by atoms with Crippen LogP contribution in [0.2, 0.25) is 0 Å². The zero-order chi connectivity index (χ0) is 37.2. The fourth-order valence-corrected chi connectivity index (χ4v) is 7.83. The maximum absolute atomic E-state index is 14.1. The lowest BCUT2D eigenvalue weighted by atomic mass is 9.97. The molecule has 270 valence electrons. The molecule has 0 aliphatic carbocycles. The number of benzene rings is 3. The van der Waals surface area contributed by atoms with E-state index in [1.54, 1.807) is 58.0 Å². The molecule has 0 spiro atoms. The van der Waals surface area contributed by atoms with Gasteiger partial charge in [-0.3, -0.25) is 25.5 Å². The van der Waals surface area contributed by atoms with Crippen LogP contribution in [0, 0.1) is 0 Å². The molecule has 3 aromatic carbocycles. The number of hydrogen-bond donors (Lipinski definition) is 4. The molecule has 3 heterocycles. The summed E-state index contributed by atoms with van der Waals surface area (Å²) in [6.45, 7) is 6.83. The molecule has 0 bridgehead atoms. The standard InChI is InChI=1S/C37H38N6O7S2/c1-5-12-23-20-51-31-27(29(44)43(31)30(23)49-35(47)48-28(21-13-8-6-9-14-21)22-15-10-7-11-16-22)41-32(45)37(39,42-34(46)50-36(2,3)4)24-17-18-25-26(19-24)52-33(38)40-25/h5-19,27-28,31H,20,39H2,1-4H3,(H2,38,40)(H,41,45)(H,42,46)/b12-5-/t27?,31-,37?/m0/s1. The van der Waals surface area contributed by atoms with Crippen molar-refractivity contribution in [3.8, 4) is 0 Å². The number of aromatic nitrogens is 1. The Kier molecular flexibility index (Phi) is 10.3. The Labute approximate surface area is 308 Å². The molecule has 2 aliphatic rings. The molecule has 2 aliphatic heterocycles. The number of carbonyl (C=O) groups is 4. The Morgan fingerprint density at radius 1 is 1.02 bits per heavy atom. The van der Waals surface area contributed by atoms with Crippen LogP contribution in [0.1, 0.15) is 50.5 Å². The van der Waals surface area contributed by atoms with Crippen LogP contribution in [0.5, 0.6) is 0 Å². The molecular weight excluding hydrogens is 705 g/mol. The number of alkyl carbamates (subject to hydrolysis) is 1. The van der Waals surface area contributed by atoms with Crippen molar-refractivity contribution < 1.29 is 33.4 Å². The van der Waals surface area contributed by atoms with Crippen LogP contribution in [0.4, 0.5) is 14.7 Å². The highest BCUT2D eigenvalue weighted by Gasteiger charge is 2.55. The topological polar surface area (TPSA) is 188 Å². The predicted molar refractivity (Wildman–Crippen MR) is 198 cm³/mol. The van der Waals surface area contributed by atoms with Gasteiger partial charge in [-0.1, -0.05) is 90.2 Å². The fraction of sp³-hybridized carbons (Fsp3) is 0.270. The first-order valence-electron chi connectivity index (χ1n) is 16.3. The molecule has 6 rings (SSSR count). The molecular formula is C37H38N6O7S2. The van der Waals surface area contributed by atoms with Crippen LogP contribution in [0.15, 0.2) is 102 Å². The average Bonchev–Trinajstić information content (AvgIpc) is 3.49. The molecule has 15 heteroatoms. The van der Waals surface area contributed by atoms with Crippen LogP contribution in [0.3, 0.4) is 0 Å². The predicted octanol–water partition coefficient (Wildman–Crippen LogP) is 5.65. The summed E-state index contributed by atoms with van der Waals surface area (Å²) < 4.78 is 17.7. The lowest BCUT2D eigenvalue weighted by Gasteiger charge is -2.49. The number of rotatable bonds is 9. The summed E-state index contributed by atoms with van der Waals surface area (Å²) in [5.74, 6) is -1.07. The zero-order valence-electron chi connectivity index (χ0n) is 28.8. The summed E-state index contributed by atoms with van der Waals surface area (Å²) in [4.78, 5) is 59.9. The van der Waals surface area contributed by atoms with Crippen LogP contribution in [-0.4, -0.2) is 56.7 Å². The van der Waals surface area contributed by atoms with Gasteiger partial charge in [-0.2, -0.15) is 0 Å².